The molecule has 2 fully saturated rings. The first-order chi connectivity index (χ1) is 9.36. The van der Waals surface area contributed by atoms with E-state index < -0.39 is 11.9 Å². The van der Waals surface area contributed by atoms with E-state index in [2.05, 4.69) is 0 Å². The molecular formula is C14H24N2O4. The third kappa shape index (κ3) is 2.90. The van der Waals surface area contributed by atoms with Crippen LogP contribution in [0.25, 0.3) is 0 Å². The minimum absolute atomic E-state index is 0.00930. The molecular weight excluding hydrogens is 260 g/mol. The van der Waals surface area contributed by atoms with Gasteiger partial charge in [0.25, 0.3) is 0 Å². The van der Waals surface area contributed by atoms with Crippen LogP contribution in [0.4, 0.5) is 4.79 Å². The summed E-state index contributed by atoms with van der Waals surface area (Å²) in [6, 6.07) is -0.0522. The maximum atomic E-state index is 12.5. The molecule has 2 rings (SSSR count). The molecule has 20 heavy (non-hydrogen) atoms. The lowest BCUT2D eigenvalue weighted by Gasteiger charge is -2.40. The molecule has 2 heterocycles. The quantitative estimate of drug-likeness (QED) is 0.828. The van der Waals surface area contributed by atoms with Crippen molar-refractivity contribution in [2.24, 2.45) is 11.8 Å². The molecule has 6 nitrogen and oxygen atoms in total. The zero-order chi connectivity index (χ0) is 14.9. The fourth-order valence-electron chi connectivity index (χ4n) is 3.18. The Morgan fingerprint density at radius 3 is 2.55 bits per heavy atom. The Morgan fingerprint density at radius 1 is 1.30 bits per heavy atom. The van der Waals surface area contributed by atoms with Crippen LogP contribution in [0.1, 0.15) is 26.7 Å². The van der Waals surface area contributed by atoms with Gasteiger partial charge >= 0.3 is 12.0 Å². The molecule has 114 valence electrons. The summed E-state index contributed by atoms with van der Waals surface area (Å²) < 4.78 is 5.50. The van der Waals surface area contributed by atoms with Crippen molar-refractivity contribution in [2.75, 3.05) is 33.3 Å². The molecule has 2 saturated heterocycles. The fraction of sp³-hybridized carbons (Fsp3) is 0.857. The van der Waals surface area contributed by atoms with Gasteiger partial charge in [-0.1, -0.05) is 6.92 Å². The summed E-state index contributed by atoms with van der Waals surface area (Å²) in [5.74, 6) is -1.25. The third-order valence-electron chi connectivity index (χ3n) is 4.62. The number of carboxylic acid groups (broad SMARTS) is 1. The number of methoxy groups -OCH3 is 1. The Kier molecular flexibility index (Phi) is 4.22. The number of ether oxygens (including phenoxy) is 1. The first kappa shape index (κ1) is 15.1. The standard InChI is InChI=1S/C14H24N2O4/c1-10-7-16(8-11(10)12(17)18)13(19)15-6-4-5-14(2,9-15)20-3/h10-11H,4-9H2,1-3H3,(H,17,18)/t10-,11-,14?/m1/s1. The third-order valence-corrected chi connectivity index (χ3v) is 4.62. The molecule has 6 heteroatoms. The number of aliphatic carboxylic acids is 1. The average Bonchev–Trinajstić information content (AvgIpc) is 2.80. The Morgan fingerprint density at radius 2 is 2.00 bits per heavy atom. The highest BCUT2D eigenvalue weighted by molar-refractivity contribution is 5.78. The Bertz CT molecular complexity index is 401. The highest BCUT2D eigenvalue weighted by atomic mass is 16.5. The molecule has 0 aliphatic carbocycles. The van der Waals surface area contributed by atoms with Crippen LogP contribution in [0.5, 0.6) is 0 Å². The fourth-order valence-corrected chi connectivity index (χ4v) is 3.18. The monoisotopic (exact) mass is 284 g/mol. The smallest absolute Gasteiger partial charge is 0.320 e. The summed E-state index contributed by atoms with van der Waals surface area (Å²) in [4.78, 5) is 27.1. The maximum Gasteiger partial charge on any atom is 0.320 e. The van der Waals surface area contributed by atoms with E-state index in [1.54, 1.807) is 16.9 Å². The Balaban J connectivity index is 2.00. The first-order valence-electron chi connectivity index (χ1n) is 7.18. The molecule has 1 unspecified atom stereocenters. The number of amides is 2. The van der Waals surface area contributed by atoms with Crippen molar-refractivity contribution in [3.63, 3.8) is 0 Å². The molecule has 0 saturated carbocycles. The summed E-state index contributed by atoms with van der Waals surface area (Å²) in [5, 5.41) is 9.14. The van der Waals surface area contributed by atoms with Gasteiger partial charge in [-0.2, -0.15) is 0 Å². The molecule has 0 radical (unpaired) electrons. The van der Waals surface area contributed by atoms with Crippen LogP contribution >= 0.6 is 0 Å². The second-order valence-electron chi connectivity index (χ2n) is 6.29. The topological polar surface area (TPSA) is 70.1 Å². The van der Waals surface area contributed by atoms with Gasteiger partial charge in [0.15, 0.2) is 0 Å². The second-order valence-corrected chi connectivity index (χ2v) is 6.29. The molecule has 1 N–H and O–H groups in total. The Hall–Kier alpha value is -1.30. The van der Waals surface area contributed by atoms with E-state index in [4.69, 9.17) is 9.84 Å². The molecule has 2 aliphatic heterocycles. The molecule has 0 bridgehead atoms. The number of carbonyl (C=O) groups excluding carboxylic acids is 1. The highest BCUT2D eigenvalue weighted by Gasteiger charge is 2.40. The van der Waals surface area contributed by atoms with Crippen LogP contribution in [0, 0.1) is 11.8 Å². The molecule has 0 aromatic rings. The van der Waals surface area contributed by atoms with Crippen LogP contribution in [0.2, 0.25) is 0 Å². The number of piperidine rings is 1. The molecule has 2 amide bonds. The van der Waals surface area contributed by atoms with Gasteiger partial charge in [-0.3, -0.25) is 4.79 Å². The minimum atomic E-state index is -0.812. The van der Waals surface area contributed by atoms with E-state index in [-0.39, 0.29) is 17.6 Å². The number of hydrogen-bond acceptors (Lipinski definition) is 3. The van der Waals surface area contributed by atoms with Gasteiger partial charge in [0.2, 0.25) is 0 Å². The summed E-state index contributed by atoms with van der Waals surface area (Å²) in [5.41, 5.74) is -0.286. The van der Waals surface area contributed by atoms with Crippen molar-refractivity contribution in [2.45, 2.75) is 32.3 Å². The van der Waals surface area contributed by atoms with Crippen LogP contribution < -0.4 is 0 Å². The van der Waals surface area contributed by atoms with E-state index >= 15 is 0 Å². The van der Waals surface area contributed by atoms with E-state index in [1.165, 1.54) is 0 Å². The van der Waals surface area contributed by atoms with E-state index in [1.807, 2.05) is 13.8 Å². The Labute approximate surface area is 119 Å². The van der Waals surface area contributed by atoms with Crippen LogP contribution in [0.15, 0.2) is 0 Å². The molecule has 2 aliphatic rings. The number of hydrogen-bond donors (Lipinski definition) is 1. The van der Waals surface area contributed by atoms with Gasteiger partial charge in [-0.25, -0.2) is 4.79 Å². The largest absolute Gasteiger partial charge is 0.481 e. The zero-order valence-electron chi connectivity index (χ0n) is 12.5. The number of rotatable bonds is 2. The second kappa shape index (κ2) is 5.60. The van der Waals surface area contributed by atoms with Crippen molar-refractivity contribution in [3.05, 3.63) is 0 Å². The summed E-state index contributed by atoms with van der Waals surface area (Å²) in [6.45, 7) is 6.04. The predicted molar refractivity (Wildman–Crippen MR) is 73.5 cm³/mol. The number of carbonyl (C=O) groups is 2. The summed E-state index contributed by atoms with van der Waals surface area (Å²) >= 11 is 0. The molecule has 0 spiro atoms. The summed E-state index contributed by atoms with van der Waals surface area (Å²) in [6.07, 6.45) is 1.86. The predicted octanol–water partition coefficient (Wildman–Crippen LogP) is 1.26. The van der Waals surface area contributed by atoms with Gasteiger partial charge in [-0.15, -0.1) is 0 Å². The lowest BCUT2D eigenvalue weighted by atomic mass is 9.95. The van der Waals surface area contributed by atoms with E-state index in [0.717, 1.165) is 19.4 Å². The van der Waals surface area contributed by atoms with Crippen molar-refractivity contribution < 1.29 is 19.4 Å². The van der Waals surface area contributed by atoms with Crippen molar-refractivity contribution >= 4 is 12.0 Å². The average molecular weight is 284 g/mol. The summed E-state index contributed by atoms with van der Waals surface area (Å²) in [7, 11) is 1.67. The van der Waals surface area contributed by atoms with Crippen molar-refractivity contribution in [3.8, 4) is 0 Å². The van der Waals surface area contributed by atoms with Crippen LogP contribution in [0.3, 0.4) is 0 Å². The SMILES string of the molecule is COC1(C)CCCN(C(=O)N2C[C@@H](C)[C@H](C(=O)O)C2)C1. The van der Waals surface area contributed by atoms with Gasteiger partial charge < -0.3 is 19.6 Å². The van der Waals surface area contributed by atoms with E-state index in [0.29, 0.717) is 19.6 Å². The number of nitrogens with zero attached hydrogens (tertiary/aromatic N) is 2. The van der Waals surface area contributed by atoms with Crippen LogP contribution in [-0.4, -0.2) is 65.8 Å². The van der Waals surface area contributed by atoms with Crippen LogP contribution in [-0.2, 0) is 9.53 Å². The normalized spacial score (nSPS) is 34.4. The van der Waals surface area contributed by atoms with Gasteiger partial charge in [0.05, 0.1) is 18.1 Å². The number of likely N-dealkylation sites (tertiary alicyclic amines) is 2. The molecule has 0 aromatic carbocycles. The molecule has 3 atom stereocenters. The van der Waals surface area contributed by atoms with Crippen molar-refractivity contribution in [1.82, 2.24) is 9.80 Å². The van der Waals surface area contributed by atoms with Gasteiger partial charge in [0.1, 0.15) is 0 Å². The molecule has 0 aromatic heterocycles. The lowest BCUT2D eigenvalue weighted by molar-refractivity contribution is -0.142. The minimum Gasteiger partial charge on any atom is -0.481 e. The number of carboxylic acids is 1. The first-order valence-corrected chi connectivity index (χ1v) is 7.18. The van der Waals surface area contributed by atoms with Gasteiger partial charge in [-0.05, 0) is 25.7 Å². The number of urea groups is 1. The van der Waals surface area contributed by atoms with Gasteiger partial charge in [0, 0.05) is 26.7 Å². The lowest BCUT2D eigenvalue weighted by Crippen LogP contribution is -2.53. The zero-order valence-corrected chi connectivity index (χ0v) is 12.5. The maximum absolute atomic E-state index is 12.5. The van der Waals surface area contributed by atoms with Crippen molar-refractivity contribution in [1.29, 1.82) is 0 Å². The highest BCUT2D eigenvalue weighted by Crippen LogP contribution is 2.28. The van der Waals surface area contributed by atoms with E-state index in [9.17, 15) is 9.59 Å².